The first kappa shape index (κ1) is 22.8. The molecular formula is C32H18Cl2N4. The average Bonchev–Trinajstić information content (AvgIpc) is 2.99. The zero-order valence-corrected chi connectivity index (χ0v) is 21.4. The first-order valence-electron chi connectivity index (χ1n) is 12.1. The number of aromatic nitrogens is 4. The summed E-state index contributed by atoms with van der Waals surface area (Å²) in [5, 5.41) is 9.63. The van der Waals surface area contributed by atoms with Crippen molar-refractivity contribution in [1.29, 1.82) is 0 Å². The molecule has 0 bridgehead atoms. The Balaban J connectivity index is 0.000000128. The smallest absolute Gasteiger partial charge is 0.167 e. The maximum Gasteiger partial charge on any atom is 0.167 e. The van der Waals surface area contributed by atoms with Crippen molar-refractivity contribution >= 4 is 88.4 Å². The summed E-state index contributed by atoms with van der Waals surface area (Å²) in [5.74, 6) is 0. The van der Waals surface area contributed by atoms with Crippen LogP contribution in [0.1, 0.15) is 0 Å². The Hall–Kier alpha value is -4.38. The molecule has 180 valence electrons. The third-order valence-electron chi connectivity index (χ3n) is 6.82. The lowest BCUT2D eigenvalue weighted by Gasteiger charge is -2.09. The summed E-state index contributed by atoms with van der Waals surface area (Å²) >= 11 is 12.1. The van der Waals surface area contributed by atoms with Crippen molar-refractivity contribution in [3.8, 4) is 0 Å². The quantitative estimate of drug-likeness (QED) is 0.184. The van der Waals surface area contributed by atoms with Gasteiger partial charge in [0.15, 0.2) is 10.3 Å². The van der Waals surface area contributed by atoms with Crippen LogP contribution in [0.25, 0.3) is 65.2 Å². The third-order valence-corrected chi connectivity index (χ3v) is 7.45. The fourth-order valence-electron chi connectivity index (χ4n) is 5.20. The highest BCUT2D eigenvalue weighted by molar-refractivity contribution is 6.41. The highest BCUT2D eigenvalue weighted by atomic mass is 35.5. The van der Waals surface area contributed by atoms with Crippen molar-refractivity contribution in [2.45, 2.75) is 0 Å². The molecule has 0 amide bonds. The van der Waals surface area contributed by atoms with Crippen molar-refractivity contribution in [3.05, 3.63) is 120 Å². The molecule has 0 aliphatic heterocycles. The van der Waals surface area contributed by atoms with E-state index in [1.807, 2.05) is 48.5 Å². The molecule has 4 nitrogen and oxygen atoms in total. The Morgan fingerprint density at radius 2 is 0.605 bits per heavy atom. The molecule has 2 aromatic heterocycles. The van der Waals surface area contributed by atoms with Gasteiger partial charge in [-0.1, -0.05) is 120 Å². The van der Waals surface area contributed by atoms with Gasteiger partial charge in [-0.15, -0.1) is 0 Å². The van der Waals surface area contributed by atoms with E-state index in [-0.39, 0.29) is 10.3 Å². The molecule has 0 radical (unpaired) electrons. The largest absolute Gasteiger partial charge is 0.252 e. The molecule has 0 aliphatic carbocycles. The van der Waals surface area contributed by atoms with Crippen molar-refractivity contribution in [2.24, 2.45) is 0 Å². The zero-order valence-electron chi connectivity index (χ0n) is 19.9. The van der Waals surface area contributed by atoms with Gasteiger partial charge in [0.2, 0.25) is 0 Å². The van der Waals surface area contributed by atoms with E-state index in [0.717, 1.165) is 43.6 Å². The number of hydrogen-bond donors (Lipinski definition) is 0. The number of benzene rings is 6. The fourth-order valence-corrected chi connectivity index (χ4v) is 5.45. The summed E-state index contributed by atoms with van der Waals surface area (Å²) in [4.78, 5) is 17.8. The van der Waals surface area contributed by atoms with Crippen LogP contribution in [0.2, 0.25) is 10.3 Å². The first-order chi connectivity index (χ1) is 18.7. The average molecular weight is 529 g/mol. The topological polar surface area (TPSA) is 51.6 Å². The lowest BCUT2D eigenvalue weighted by atomic mass is 10.00. The molecule has 2 heterocycles. The van der Waals surface area contributed by atoms with E-state index in [1.54, 1.807) is 12.4 Å². The maximum absolute atomic E-state index is 6.03. The minimum absolute atomic E-state index is 0.236. The molecule has 0 saturated carbocycles. The van der Waals surface area contributed by atoms with E-state index in [1.165, 1.54) is 21.5 Å². The van der Waals surface area contributed by atoms with Crippen LogP contribution < -0.4 is 0 Å². The molecule has 8 aromatic rings. The summed E-state index contributed by atoms with van der Waals surface area (Å²) in [6.45, 7) is 0. The first-order valence-corrected chi connectivity index (χ1v) is 12.9. The van der Waals surface area contributed by atoms with Gasteiger partial charge >= 0.3 is 0 Å². The van der Waals surface area contributed by atoms with E-state index in [0.29, 0.717) is 0 Å². The van der Waals surface area contributed by atoms with E-state index < -0.39 is 0 Å². The Kier molecular flexibility index (Phi) is 5.50. The van der Waals surface area contributed by atoms with Crippen molar-refractivity contribution in [3.63, 3.8) is 0 Å². The van der Waals surface area contributed by atoms with Gasteiger partial charge < -0.3 is 0 Å². The number of rotatable bonds is 0. The number of fused-ring (bicyclic) bond motifs is 12. The van der Waals surface area contributed by atoms with Gasteiger partial charge in [-0.3, -0.25) is 9.97 Å². The summed E-state index contributed by atoms with van der Waals surface area (Å²) in [6, 6.07) is 33.0. The summed E-state index contributed by atoms with van der Waals surface area (Å²) in [6.07, 6.45) is 3.51. The molecule has 38 heavy (non-hydrogen) atoms. The molecule has 6 aromatic carbocycles. The van der Waals surface area contributed by atoms with Crippen LogP contribution in [0.5, 0.6) is 0 Å². The molecule has 6 heteroatoms. The SMILES string of the molecule is Clc1nc2c3ccccc3c3ccccc3c2nc1Cl.c1ccc2c(c1)c1ccccc1c1nccnc21. The van der Waals surface area contributed by atoms with Crippen LogP contribution in [0.15, 0.2) is 109 Å². The standard InChI is InChI=1S/C16H8Cl2N2.C16H10N2/c17-15-16(18)20-14-12-8-4-2-6-10(12)9-5-1-3-7-11(9)13(14)19-15;1-3-7-13-11(5-1)12-6-2-4-8-14(12)16-15(13)17-9-10-18-16/h1-8H;1-10H. The second-order valence-corrected chi connectivity index (χ2v) is 9.65. The van der Waals surface area contributed by atoms with Gasteiger partial charge in [-0.25, -0.2) is 9.97 Å². The van der Waals surface area contributed by atoms with Crippen LogP contribution in [-0.2, 0) is 0 Å². The van der Waals surface area contributed by atoms with Gasteiger partial charge in [0.1, 0.15) is 0 Å². The molecular weight excluding hydrogens is 511 g/mol. The van der Waals surface area contributed by atoms with Crippen LogP contribution >= 0.6 is 23.2 Å². The van der Waals surface area contributed by atoms with Crippen LogP contribution in [-0.4, -0.2) is 19.9 Å². The molecule has 0 N–H and O–H groups in total. The predicted molar refractivity (Wildman–Crippen MR) is 159 cm³/mol. The van der Waals surface area contributed by atoms with Gasteiger partial charge in [0.05, 0.1) is 22.1 Å². The number of nitrogens with zero attached hydrogens (tertiary/aromatic N) is 4. The van der Waals surface area contributed by atoms with Gasteiger partial charge in [-0.05, 0) is 21.5 Å². The summed E-state index contributed by atoms with van der Waals surface area (Å²) < 4.78 is 0. The van der Waals surface area contributed by atoms with Crippen LogP contribution in [0.4, 0.5) is 0 Å². The van der Waals surface area contributed by atoms with Gasteiger partial charge in [0.25, 0.3) is 0 Å². The molecule has 0 atom stereocenters. The maximum atomic E-state index is 6.03. The lowest BCUT2D eigenvalue weighted by Crippen LogP contribution is -1.90. The molecule has 0 fully saturated rings. The summed E-state index contributed by atoms with van der Waals surface area (Å²) in [7, 11) is 0. The Labute approximate surface area is 227 Å². The monoisotopic (exact) mass is 528 g/mol. The van der Waals surface area contributed by atoms with Crippen molar-refractivity contribution in [1.82, 2.24) is 19.9 Å². The molecule has 8 rings (SSSR count). The van der Waals surface area contributed by atoms with Crippen LogP contribution in [0.3, 0.4) is 0 Å². The van der Waals surface area contributed by atoms with Gasteiger partial charge in [0, 0.05) is 33.9 Å². The molecule has 0 aliphatic rings. The third kappa shape index (κ3) is 3.61. The Bertz CT molecular complexity index is 1880. The van der Waals surface area contributed by atoms with Crippen LogP contribution in [0, 0.1) is 0 Å². The summed E-state index contributed by atoms with van der Waals surface area (Å²) in [5.41, 5.74) is 3.53. The number of halogens is 2. The van der Waals surface area contributed by atoms with E-state index in [9.17, 15) is 0 Å². The second-order valence-electron chi connectivity index (χ2n) is 8.94. The highest BCUT2D eigenvalue weighted by Crippen LogP contribution is 2.35. The lowest BCUT2D eigenvalue weighted by molar-refractivity contribution is 1.31. The predicted octanol–water partition coefficient (Wildman–Crippen LogP) is 9.18. The van der Waals surface area contributed by atoms with Crippen molar-refractivity contribution in [2.75, 3.05) is 0 Å². The molecule has 0 unspecified atom stereocenters. The molecule has 0 spiro atoms. The highest BCUT2D eigenvalue weighted by Gasteiger charge is 2.13. The minimum Gasteiger partial charge on any atom is -0.252 e. The van der Waals surface area contributed by atoms with Crippen molar-refractivity contribution < 1.29 is 0 Å². The Morgan fingerprint density at radius 3 is 0.921 bits per heavy atom. The normalized spacial score (nSPS) is 11.4. The second kappa shape index (κ2) is 9.18. The van der Waals surface area contributed by atoms with E-state index >= 15 is 0 Å². The molecule has 0 saturated heterocycles. The van der Waals surface area contributed by atoms with E-state index in [2.05, 4.69) is 68.5 Å². The number of hydrogen-bond acceptors (Lipinski definition) is 4. The zero-order chi connectivity index (χ0) is 25.6. The minimum atomic E-state index is 0.236. The van der Waals surface area contributed by atoms with E-state index in [4.69, 9.17) is 23.2 Å². The Morgan fingerprint density at radius 1 is 0.342 bits per heavy atom. The van der Waals surface area contributed by atoms with Gasteiger partial charge in [-0.2, -0.15) is 0 Å². The fraction of sp³-hybridized carbons (Fsp3) is 0.